The van der Waals surface area contributed by atoms with E-state index < -0.39 is 0 Å². The molecule has 0 radical (unpaired) electrons. The molecule has 0 spiro atoms. The van der Waals surface area contributed by atoms with E-state index in [1.54, 1.807) is 17.0 Å². The lowest BCUT2D eigenvalue weighted by Crippen LogP contribution is -2.43. The van der Waals surface area contributed by atoms with Gasteiger partial charge in [0.05, 0.1) is 0 Å². The summed E-state index contributed by atoms with van der Waals surface area (Å²) < 4.78 is 0. The van der Waals surface area contributed by atoms with Gasteiger partial charge in [-0.3, -0.25) is 14.6 Å². The van der Waals surface area contributed by atoms with Crippen molar-refractivity contribution < 1.29 is 9.59 Å². The van der Waals surface area contributed by atoms with Gasteiger partial charge in [-0.2, -0.15) is 0 Å². The third-order valence-corrected chi connectivity index (χ3v) is 4.75. The van der Waals surface area contributed by atoms with E-state index >= 15 is 0 Å². The maximum atomic E-state index is 12.8. The Labute approximate surface area is 153 Å². The van der Waals surface area contributed by atoms with Gasteiger partial charge in [-0.15, -0.1) is 0 Å². The Morgan fingerprint density at radius 3 is 2.73 bits per heavy atom. The van der Waals surface area contributed by atoms with Gasteiger partial charge in [0.15, 0.2) is 0 Å². The van der Waals surface area contributed by atoms with Crippen molar-refractivity contribution in [3.05, 3.63) is 59.9 Å². The first-order valence-electron chi connectivity index (χ1n) is 8.92. The zero-order chi connectivity index (χ0) is 18.5. The second-order valence-corrected chi connectivity index (χ2v) is 6.54. The fourth-order valence-corrected chi connectivity index (χ4v) is 3.28. The van der Waals surface area contributed by atoms with Crippen molar-refractivity contribution in [1.82, 2.24) is 14.8 Å². The molecule has 2 N–H and O–H groups in total. The van der Waals surface area contributed by atoms with Crippen molar-refractivity contribution >= 4 is 17.5 Å². The van der Waals surface area contributed by atoms with E-state index in [0.29, 0.717) is 37.4 Å². The van der Waals surface area contributed by atoms with Crippen LogP contribution in [0.4, 0.5) is 5.69 Å². The number of nitrogen functional groups attached to an aromatic ring is 1. The van der Waals surface area contributed by atoms with Gasteiger partial charge < -0.3 is 15.5 Å². The van der Waals surface area contributed by atoms with Gasteiger partial charge in [0, 0.05) is 44.0 Å². The number of carbonyl (C=O) groups excluding carboxylic acids is 2. The summed E-state index contributed by atoms with van der Waals surface area (Å²) in [5.41, 5.74) is 7.69. The highest BCUT2D eigenvalue weighted by Crippen LogP contribution is 2.19. The first-order valence-corrected chi connectivity index (χ1v) is 8.92. The Balaban J connectivity index is 1.78. The summed E-state index contributed by atoms with van der Waals surface area (Å²) in [4.78, 5) is 33.3. The lowest BCUT2D eigenvalue weighted by atomic mass is 10.1. The summed E-state index contributed by atoms with van der Waals surface area (Å²) in [5.74, 6) is -0.0957. The third-order valence-electron chi connectivity index (χ3n) is 4.75. The molecule has 1 aliphatic rings. The predicted molar refractivity (Wildman–Crippen MR) is 100 cm³/mol. The maximum absolute atomic E-state index is 12.8. The number of nitrogens with two attached hydrogens (primary N) is 1. The molecule has 2 heterocycles. The van der Waals surface area contributed by atoms with Gasteiger partial charge in [0.1, 0.15) is 5.69 Å². The molecule has 136 valence electrons. The largest absolute Gasteiger partial charge is 0.399 e. The van der Waals surface area contributed by atoms with Crippen LogP contribution in [-0.4, -0.2) is 45.7 Å². The lowest BCUT2D eigenvalue weighted by Gasteiger charge is -2.31. The van der Waals surface area contributed by atoms with Crippen molar-refractivity contribution in [3.63, 3.8) is 0 Å². The van der Waals surface area contributed by atoms with Crippen molar-refractivity contribution in [1.29, 1.82) is 0 Å². The molecule has 2 aromatic rings. The van der Waals surface area contributed by atoms with Gasteiger partial charge in [-0.25, -0.2) is 0 Å². The minimum atomic E-state index is -0.176. The Hall–Kier alpha value is -2.89. The summed E-state index contributed by atoms with van der Waals surface area (Å²) in [6.07, 6.45) is 2.63. The second-order valence-electron chi connectivity index (χ2n) is 6.54. The molecule has 6 heteroatoms. The summed E-state index contributed by atoms with van der Waals surface area (Å²) in [5, 5.41) is 0. The monoisotopic (exact) mass is 352 g/mol. The predicted octanol–water partition coefficient (Wildman–Crippen LogP) is 2.32. The van der Waals surface area contributed by atoms with Crippen molar-refractivity contribution in [3.8, 4) is 0 Å². The Bertz CT molecular complexity index is 778. The third kappa shape index (κ3) is 4.02. The van der Waals surface area contributed by atoms with Gasteiger partial charge >= 0.3 is 0 Å². The molecule has 1 saturated heterocycles. The SMILES string of the molecule is CC[C@H]1CN(C(=O)c2cc(N)ccn2)CCC(=O)N1Cc1ccccc1. The standard InChI is InChI=1S/C20H24N4O2/c1-2-17-14-23(20(26)18-12-16(21)8-10-22-18)11-9-19(25)24(17)13-15-6-4-3-5-7-15/h3-8,10,12,17H,2,9,11,13-14H2,1H3,(H2,21,22)/t17-/m0/s1. The molecule has 0 saturated carbocycles. The van der Waals surface area contributed by atoms with Crippen LogP contribution in [0.15, 0.2) is 48.7 Å². The van der Waals surface area contributed by atoms with E-state index in [0.717, 1.165) is 12.0 Å². The fourth-order valence-electron chi connectivity index (χ4n) is 3.28. The minimum Gasteiger partial charge on any atom is -0.399 e. The average Bonchev–Trinajstić information content (AvgIpc) is 2.81. The highest BCUT2D eigenvalue weighted by Gasteiger charge is 2.31. The van der Waals surface area contributed by atoms with Crippen LogP contribution < -0.4 is 5.73 Å². The molecule has 0 unspecified atom stereocenters. The van der Waals surface area contributed by atoms with Crippen LogP contribution in [0, 0.1) is 0 Å². The fraction of sp³-hybridized carbons (Fsp3) is 0.350. The molecule has 3 rings (SSSR count). The van der Waals surface area contributed by atoms with E-state index in [1.165, 1.54) is 6.20 Å². The molecule has 1 aromatic carbocycles. The first-order chi connectivity index (χ1) is 12.6. The Morgan fingerprint density at radius 2 is 2.04 bits per heavy atom. The molecule has 1 atom stereocenters. The zero-order valence-electron chi connectivity index (χ0n) is 15.0. The molecule has 1 aliphatic heterocycles. The molecule has 0 aliphatic carbocycles. The molecule has 0 bridgehead atoms. The highest BCUT2D eigenvalue weighted by molar-refractivity contribution is 5.93. The number of pyridine rings is 1. The quantitative estimate of drug-likeness (QED) is 0.916. The van der Waals surface area contributed by atoms with Gasteiger partial charge in [-0.05, 0) is 24.1 Å². The lowest BCUT2D eigenvalue weighted by molar-refractivity contribution is -0.133. The summed E-state index contributed by atoms with van der Waals surface area (Å²) in [7, 11) is 0. The van der Waals surface area contributed by atoms with E-state index in [1.807, 2.05) is 42.2 Å². The number of hydrogen-bond donors (Lipinski definition) is 1. The summed E-state index contributed by atoms with van der Waals surface area (Å²) in [6, 6.07) is 13.2. The highest BCUT2D eigenvalue weighted by atomic mass is 16.2. The normalized spacial score (nSPS) is 17.9. The number of carbonyl (C=O) groups is 2. The number of rotatable bonds is 4. The Kier molecular flexibility index (Phi) is 5.51. The van der Waals surface area contributed by atoms with Gasteiger partial charge in [0.2, 0.25) is 5.91 Å². The second kappa shape index (κ2) is 7.99. The van der Waals surface area contributed by atoms with Crippen LogP contribution in [0.5, 0.6) is 0 Å². The van der Waals surface area contributed by atoms with Crippen LogP contribution >= 0.6 is 0 Å². The molecular formula is C20H24N4O2. The average molecular weight is 352 g/mol. The van der Waals surface area contributed by atoms with Crippen molar-refractivity contribution in [2.75, 3.05) is 18.8 Å². The number of anilines is 1. The Morgan fingerprint density at radius 1 is 1.27 bits per heavy atom. The number of hydrogen-bond acceptors (Lipinski definition) is 4. The number of benzene rings is 1. The number of amides is 2. The van der Waals surface area contributed by atoms with Crippen molar-refractivity contribution in [2.24, 2.45) is 0 Å². The molecule has 1 aromatic heterocycles. The van der Waals surface area contributed by atoms with E-state index in [4.69, 9.17) is 5.73 Å². The first kappa shape index (κ1) is 17.9. The van der Waals surface area contributed by atoms with E-state index in [-0.39, 0.29) is 17.9 Å². The number of aromatic nitrogens is 1. The maximum Gasteiger partial charge on any atom is 0.272 e. The van der Waals surface area contributed by atoms with Crippen LogP contribution in [0.3, 0.4) is 0 Å². The van der Waals surface area contributed by atoms with Crippen LogP contribution in [-0.2, 0) is 11.3 Å². The van der Waals surface area contributed by atoms with Crippen LogP contribution in [0.25, 0.3) is 0 Å². The smallest absolute Gasteiger partial charge is 0.272 e. The molecular weight excluding hydrogens is 328 g/mol. The molecule has 26 heavy (non-hydrogen) atoms. The van der Waals surface area contributed by atoms with Gasteiger partial charge in [-0.1, -0.05) is 37.3 Å². The molecule has 2 amide bonds. The molecule has 6 nitrogen and oxygen atoms in total. The summed E-state index contributed by atoms with van der Waals surface area (Å²) >= 11 is 0. The van der Waals surface area contributed by atoms with Crippen LogP contribution in [0.1, 0.15) is 35.8 Å². The minimum absolute atomic E-state index is 0.0183. The molecule has 1 fully saturated rings. The number of nitrogens with zero attached hydrogens (tertiary/aromatic N) is 3. The van der Waals surface area contributed by atoms with Crippen molar-refractivity contribution in [2.45, 2.75) is 32.4 Å². The topological polar surface area (TPSA) is 79.5 Å². The van der Waals surface area contributed by atoms with Gasteiger partial charge in [0.25, 0.3) is 5.91 Å². The summed E-state index contributed by atoms with van der Waals surface area (Å²) in [6.45, 7) is 3.51. The zero-order valence-corrected chi connectivity index (χ0v) is 15.0. The van der Waals surface area contributed by atoms with Crippen LogP contribution in [0.2, 0.25) is 0 Å². The van der Waals surface area contributed by atoms with E-state index in [9.17, 15) is 9.59 Å². The van der Waals surface area contributed by atoms with E-state index in [2.05, 4.69) is 4.98 Å².